The third-order valence-corrected chi connectivity index (χ3v) is 3.64. The summed E-state index contributed by atoms with van der Waals surface area (Å²) < 4.78 is 13.9. The van der Waals surface area contributed by atoms with Gasteiger partial charge in [-0.15, -0.1) is 0 Å². The van der Waals surface area contributed by atoms with E-state index in [9.17, 15) is 9.18 Å². The van der Waals surface area contributed by atoms with Gasteiger partial charge in [0.2, 0.25) is 0 Å². The average molecular weight is 251 g/mol. The van der Waals surface area contributed by atoms with Gasteiger partial charge in [-0.25, -0.2) is 4.39 Å². The van der Waals surface area contributed by atoms with Gasteiger partial charge in [0.1, 0.15) is 5.82 Å². The van der Waals surface area contributed by atoms with Gasteiger partial charge >= 0.3 is 0 Å². The van der Waals surface area contributed by atoms with Crippen molar-refractivity contribution >= 4 is 17.3 Å². The molecule has 0 aromatic heterocycles. The topological polar surface area (TPSA) is 72.3 Å². The lowest BCUT2D eigenvalue weighted by Gasteiger charge is -2.27. The monoisotopic (exact) mass is 251 g/mol. The Kier molecular flexibility index (Phi) is 3.41. The molecule has 98 valence electrons. The van der Waals surface area contributed by atoms with Crippen LogP contribution in [-0.4, -0.2) is 19.0 Å². The van der Waals surface area contributed by atoms with Gasteiger partial charge in [0.05, 0.1) is 11.3 Å². The molecule has 1 fully saturated rings. The number of halogens is 1. The Labute approximate surface area is 106 Å². The number of anilines is 2. The number of carbonyl (C=O) groups is 1. The zero-order valence-corrected chi connectivity index (χ0v) is 10.4. The van der Waals surface area contributed by atoms with Crippen molar-refractivity contribution in [1.82, 2.24) is 0 Å². The first-order chi connectivity index (χ1) is 8.50. The number of amides is 1. The van der Waals surface area contributed by atoms with Gasteiger partial charge in [0.25, 0.3) is 5.91 Å². The highest BCUT2D eigenvalue weighted by Gasteiger charge is 2.23. The molecule has 0 bridgehead atoms. The summed E-state index contributed by atoms with van der Waals surface area (Å²) in [6.45, 7) is 0. The van der Waals surface area contributed by atoms with E-state index >= 15 is 0 Å². The fourth-order valence-electron chi connectivity index (χ4n) is 2.55. The highest BCUT2D eigenvalue weighted by atomic mass is 19.1. The number of nitrogens with two attached hydrogens (primary N) is 2. The molecular formula is C13H18FN3O. The number of nitrogens with zero attached hydrogens (tertiary/aromatic N) is 1. The molecule has 1 saturated carbocycles. The molecule has 0 atom stereocenters. The first kappa shape index (κ1) is 12.7. The van der Waals surface area contributed by atoms with Crippen LogP contribution in [0.1, 0.15) is 36.0 Å². The molecule has 4 N–H and O–H groups in total. The molecule has 0 radical (unpaired) electrons. The Balaban J connectivity index is 2.37. The predicted octanol–water partition coefficient (Wildman–Crippen LogP) is 1.89. The van der Waals surface area contributed by atoms with Crippen LogP contribution in [0.4, 0.5) is 15.8 Å². The molecule has 0 aliphatic heterocycles. The summed E-state index contributed by atoms with van der Waals surface area (Å²) in [7, 11) is 1.84. The van der Waals surface area contributed by atoms with E-state index in [-0.39, 0.29) is 11.3 Å². The minimum Gasteiger partial charge on any atom is -0.398 e. The van der Waals surface area contributed by atoms with Crippen molar-refractivity contribution in [3.8, 4) is 0 Å². The van der Waals surface area contributed by atoms with Gasteiger partial charge in [-0.2, -0.15) is 0 Å². The van der Waals surface area contributed by atoms with Crippen molar-refractivity contribution in [3.63, 3.8) is 0 Å². The molecule has 5 heteroatoms. The highest BCUT2D eigenvalue weighted by molar-refractivity contribution is 5.99. The third kappa shape index (κ3) is 2.25. The van der Waals surface area contributed by atoms with Crippen LogP contribution in [0.2, 0.25) is 0 Å². The summed E-state index contributed by atoms with van der Waals surface area (Å²) in [5, 5.41) is 0. The number of carbonyl (C=O) groups excluding carboxylic acids is 1. The summed E-state index contributed by atoms with van der Waals surface area (Å²) in [6, 6.07) is 2.94. The van der Waals surface area contributed by atoms with Crippen molar-refractivity contribution in [2.45, 2.75) is 31.7 Å². The molecule has 0 unspecified atom stereocenters. The van der Waals surface area contributed by atoms with Crippen molar-refractivity contribution in [2.75, 3.05) is 17.7 Å². The SMILES string of the molecule is CN(c1cc(C(N)=O)c(N)cc1F)C1CCCC1. The van der Waals surface area contributed by atoms with Crippen LogP contribution >= 0.6 is 0 Å². The fourth-order valence-corrected chi connectivity index (χ4v) is 2.55. The Morgan fingerprint density at radius 1 is 1.39 bits per heavy atom. The number of hydrogen-bond donors (Lipinski definition) is 2. The fraction of sp³-hybridized carbons (Fsp3) is 0.462. The zero-order valence-electron chi connectivity index (χ0n) is 10.4. The van der Waals surface area contributed by atoms with E-state index in [1.165, 1.54) is 12.1 Å². The standard InChI is InChI=1S/C13H18FN3O/c1-17(8-4-2-3-5-8)12-6-9(13(16)18)11(15)7-10(12)14/h6-8H,2-5,15H2,1H3,(H2,16,18). The van der Waals surface area contributed by atoms with Gasteiger partial charge in [0.15, 0.2) is 0 Å². The van der Waals surface area contributed by atoms with E-state index < -0.39 is 11.7 Å². The van der Waals surface area contributed by atoms with E-state index in [0.717, 1.165) is 25.7 Å². The number of primary amides is 1. The van der Waals surface area contributed by atoms with E-state index in [2.05, 4.69) is 0 Å². The lowest BCUT2D eigenvalue weighted by atomic mass is 10.1. The van der Waals surface area contributed by atoms with Crippen LogP contribution in [0, 0.1) is 5.82 Å². The number of nitrogen functional groups attached to an aromatic ring is 1. The summed E-state index contributed by atoms with van der Waals surface area (Å²) >= 11 is 0. The van der Waals surface area contributed by atoms with Crippen molar-refractivity contribution < 1.29 is 9.18 Å². The molecule has 0 heterocycles. The van der Waals surface area contributed by atoms with Crippen LogP contribution in [0.25, 0.3) is 0 Å². The first-order valence-corrected chi connectivity index (χ1v) is 6.12. The Morgan fingerprint density at radius 2 is 2.00 bits per heavy atom. The molecule has 1 amide bonds. The molecule has 4 nitrogen and oxygen atoms in total. The van der Waals surface area contributed by atoms with E-state index in [4.69, 9.17) is 11.5 Å². The van der Waals surface area contributed by atoms with E-state index in [1.54, 1.807) is 0 Å². The Bertz CT molecular complexity index is 470. The quantitative estimate of drug-likeness (QED) is 0.806. The van der Waals surface area contributed by atoms with Gasteiger partial charge in [-0.1, -0.05) is 12.8 Å². The van der Waals surface area contributed by atoms with Crippen LogP contribution in [0.15, 0.2) is 12.1 Å². The second kappa shape index (κ2) is 4.84. The van der Waals surface area contributed by atoms with E-state index in [1.807, 2.05) is 11.9 Å². The van der Waals surface area contributed by atoms with Crippen molar-refractivity contribution in [1.29, 1.82) is 0 Å². The van der Waals surface area contributed by atoms with Crippen molar-refractivity contribution in [2.24, 2.45) is 5.73 Å². The molecule has 18 heavy (non-hydrogen) atoms. The maximum absolute atomic E-state index is 13.9. The molecule has 1 aromatic carbocycles. The minimum atomic E-state index is -0.631. The minimum absolute atomic E-state index is 0.0866. The lowest BCUT2D eigenvalue weighted by molar-refractivity contribution is 0.100. The highest BCUT2D eigenvalue weighted by Crippen LogP contribution is 2.31. The maximum Gasteiger partial charge on any atom is 0.250 e. The molecular weight excluding hydrogens is 233 g/mol. The smallest absolute Gasteiger partial charge is 0.250 e. The second-order valence-corrected chi connectivity index (χ2v) is 4.80. The van der Waals surface area contributed by atoms with Gasteiger partial charge in [0, 0.05) is 18.8 Å². The summed E-state index contributed by atoms with van der Waals surface area (Å²) in [5.41, 5.74) is 11.5. The molecule has 1 aliphatic rings. The second-order valence-electron chi connectivity index (χ2n) is 4.80. The van der Waals surface area contributed by atoms with Crippen molar-refractivity contribution in [3.05, 3.63) is 23.5 Å². The van der Waals surface area contributed by atoms with Crippen LogP contribution in [0.5, 0.6) is 0 Å². The average Bonchev–Trinajstić information content (AvgIpc) is 2.81. The first-order valence-electron chi connectivity index (χ1n) is 6.12. The maximum atomic E-state index is 13.9. The lowest BCUT2D eigenvalue weighted by Crippen LogP contribution is -2.30. The third-order valence-electron chi connectivity index (χ3n) is 3.64. The summed E-state index contributed by atoms with van der Waals surface area (Å²) in [4.78, 5) is 13.1. The molecule has 0 spiro atoms. The summed E-state index contributed by atoms with van der Waals surface area (Å²) in [6.07, 6.45) is 4.42. The number of rotatable bonds is 3. The normalized spacial score (nSPS) is 15.9. The number of benzene rings is 1. The Morgan fingerprint density at radius 3 is 2.56 bits per heavy atom. The molecule has 1 aliphatic carbocycles. The molecule has 2 rings (SSSR count). The molecule has 1 aromatic rings. The Hall–Kier alpha value is -1.78. The van der Waals surface area contributed by atoms with Gasteiger partial charge < -0.3 is 16.4 Å². The van der Waals surface area contributed by atoms with Crippen LogP contribution < -0.4 is 16.4 Å². The largest absolute Gasteiger partial charge is 0.398 e. The predicted molar refractivity (Wildman–Crippen MR) is 70.0 cm³/mol. The van der Waals surface area contributed by atoms with E-state index in [0.29, 0.717) is 11.7 Å². The molecule has 0 saturated heterocycles. The number of hydrogen-bond acceptors (Lipinski definition) is 3. The summed E-state index contributed by atoms with van der Waals surface area (Å²) in [5.74, 6) is -1.04. The van der Waals surface area contributed by atoms with Crippen LogP contribution in [-0.2, 0) is 0 Å². The van der Waals surface area contributed by atoms with Gasteiger partial charge in [-0.05, 0) is 25.0 Å². The zero-order chi connectivity index (χ0) is 13.3. The van der Waals surface area contributed by atoms with Crippen LogP contribution in [0.3, 0.4) is 0 Å². The van der Waals surface area contributed by atoms with Gasteiger partial charge in [-0.3, -0.25) is 4.79 Å².